The Morgan fingerprint density at radius 3 is 2.86 bits per heavy atom. The molecule has 0 fully saturated rings. The minimum Gasteiger partial charge on any atom is -0.294 e. The molecule has 0 aliphatic carbocycles. The molecule has 0 bridgehead atoms. The van der Waals surface area contributed by atoms with Crippen molar-refractivity contribution in [2.45, 2.75) is 6.92 Å². The first-order chi connectivity index (χ1) is 6.60. The third-order valence-corrected chi connectivity index (χ3v) is 3.42. The Hall–Kier alpha value is -0.750. The molecule has 0 aromatic carbocycles. The van der Waals surface area contributed by atoms with E-state index in [1.807, 2.05) is 0 Å². The van der Waals surface area contributed by atoms with Crippen molar-refractivity contribution < 1.29 is 9.59 Å². The summed E-state index contributed by atoms with van der Waals surface area (Å²) in [5.41, 5.74) is 0.670. The minimum atomic E-state index is -0.00875. The van der Waals surface area contributed by atoms with Crippen LogP contribution >= 0.6 is 27.3 Å². The first-order valence-corrected chi connectivity index (χ1v) is 5.78. The molecule has 0 atom stereocenters. The van der Waals surface area contributed by atoms with Crippen LogP contribution in [0.15, 0.2) is 0 Å². The predicted octanol–water partition coefficient (Wildman–Crippen LogP) is 1.62. The number of anilines is 1. The molecule has 76 valence electrons. The summed E-state index contributed by atoms with van der Waals surface area (Å²) in [5, 5.41) is 0.821. The quantitative estimate of drug-likeness (QED) is 0.477. The number of hydrogen-bond acceptors (Lipinski definition) is 4. The van der Waals surface area contributed by atoms with Gasteiger partial charge in [0.25, 0.3) is 0 Å². The molecule has 4 nitrogen and oxygen atoms in total. The molecule has 1 heterocycles. The molecule has 0 radical (unpaired) electrons. The van der Waals surface area contributed by atoms with Gasteiger partial charge in [-0.1, -0.05) is 27.3 Å². The standard InChI is InChI=1S/C8H9BrN2O2S/c1-5-7(6(13)3-9)14-8(10-5)11(2)4-12/h4H,3H2,1-2H3. The number of ketones is 1. The number of aromatic nitrogens is 1. The van der Waals surface area contributed by atoms with E-state index in [9.17, 15) is 9.59 Å². The third kappa shape index (κ3) is 2.19. The Labute approximate surface area is 94.1 Å². The molecule has 0 N–H and O–H groups in total. The summed E-state index contributed by atoms with van der Waals surface area (Å²) in [6.45, 7) is 1.76. The topological polar surface area (TPSA) is 50.3 Å². The average molecular weight is 277 g/mol. The van der Waals surface area contributed by atoms with Gasteiger partial charge >= 0.3 is 0 Å². The van der Waals surface area contributed by atoms with Crippen LogP contribution in [-0.2, 0) is 4.79 Å². The summed E-state index contributed by atoms with van der Waals surface area (Å²) >= 11 is 4.32. The Balaban J connectivity index is 3.04. The molecule has 0 spiro atoms. The third-order valence-electron chi connectivity index (χ3n) is 1.62. The maximum absolute atomic E-state index is 11.4. The lowest BCUT2D eigenvalue weighted by molar-refractivity contribution is -0.107. The van der Waals surface area contributed by atoms with Crippen molar-refractivity contribution in [2.24, 2.45) is 0 Å². The number of carbonyl (C=O) groups is 2. The van der Waals surface area contributed by atoms with Gasteiger partial charge < -0.3 is 0 Å². The Morgan fingerprint density at radius 2 is 2.36 bits per heavy atom. The number of rotatable bonds is 4. The second-order valence-corrected chi connectivity index (χ2v) is 4.22. The van der Waals surface area contributed by atoms with Crippen LogP contribution in [0.3, 0.4) is 0 Å². The average Bonchev–Trinajstić information content (AvgIpc) is 2.58. The van der Waals surface area contributed by atoms with Gasteiger partial charge in [-0.25, -0.2) is 4.98 Å². The maximum atomic E-state index is 11.4. The van der Waals surface area contributed by atoms with Gasteiger partial charge in [0, 0.05) is 7.05 Å². The van der Waals surface area contributed by atoms with Crippen LogP contribution in [0, 0.1) is 6.92 Å². The number of nitrogens with zero attached hydrogens (tertiary/aromatic N) is 2. The number of aryl methyl sites for hydroxylation is 1. The van der Waals surface area contributed by atoms with Gasteiger partial charge in [-0.15, -0.1) is 0 Å². The Bertz CT molecular complexity index is 364. The highest BCUT2D eigenvalue weighted by Gasteiger charge is 2.15. The van der Waals surface area contributed by atoms with Gasteiger partial charge in [0.05, 0.1) is 15.9 Å². The molecule has 0 aliphatic rings. The molecule has 6 heteroatoms. The number of alkyl halides is 1. The maximum Gasteiger partial charge on any atom is 0.215 e. The molecule has 1 aromatic heterocycles. The van der Waals surface area contributed by atoms with Crippen molar-refractivity contribution in [3.05, 3.63) is 10.6 Å². The molecular formula is C8H9BrN2O2S. The zero-order chi connectivity index (χ0) is 10.7. The van der Waals surface area contributed by atoms with E-state index in [0.717, 1.165) is 0 Å². The number of hydrogen-bond donors (Lipinski definition) is 0. The smallest absolute Gasteiger partial charge is 0.215 e. The Morgan fingerprint density at radius 1 is 1.71 bits per heavy atom. The number of carbonyl (C=O) groups excluding carboxylic acids is 2. The lowest BCUT2D eigenvalue weighted by Gasteiger charge is -2.02. The SMILES string of the molecule is Cc1nc(N(C)C=O)sc1C(=O)CBr. The molecule has 0 unspecified atom stereocenters. The molecule has 1 aromatic rings. The van der Waals surface area contributed by atoms with Crippen LogP contribution in [-0.4, -0.2) is 29.6 Å². The molecule has 0 aliphatic heterocycles. The Kier molecular flexibility index (Phi) is 3.77. The van der Waals surface area contributed by atoms with Gasteiger partial charge in [-0.05, 0) is 6.92 Å². The molecule has 1 rings (SSSR count). The monoisotopic (exact) mass is 276 g/mol. The first-order valence-electron chi connectivity index (χ1n) is 3.85. The highest BCUT2D eigenvalue weighted by atomic mass is 79.9. The van der Waals surface area contributed by atoms with E-state index < -0.39 is 0 Å². The largest absolute Gasteiger partial charge is 0.294 e. The van der Waals surface area contributed by atoms with E-state index in [0.29, 0.717) is 22.1 Å². The molecule has 14 heavy (non-hydrogen) atoms. The normalized spacial score (nSPS) is 9.93. The fraction of sp³-hybridized carbons (Fsp3) is 0.375. The van der Waals surface area contributed by atoms with Crippen LogP contribution in [0.4, 0.5) is 5.13 Å². The molecule has 1 amide bonds. The van der Waals surface area contributed by atoms with E-state index in [-0.39, 0.29) is 11.1 Å². The molecular weight excluding hydrogens is 268 g/mol. The van der Waals surface area contributed by atoms with Crippen molar-refractivity contribution >= 4 is 44.6 Å². The number of Topliss-reactive ketones (excluding diaryl/α,β-unsaturated/α-hetero) is 1. The number of thiazole rings is 1. The molecule has 0 saturated carbocycles. The highest BCUT2D eigenvalue weighted by molar-refractivity contribution is 9.09. The second kappa shape index (κ2) is 4.65. The zero-order valence-electron chi connectivity index (χ0n) is 7.78. The van der Waals surface area contributed by atoms with Gasteiger partial charge in [0.1, 0.15) is 0 Å². The van der Waals surface area contributed by atoms with Gasteiger partial charge in [-0.3, -0.25) is 14.5 Å². The number of amides is 1. The van der Waals surface area contributed by atoms with E-state index in [1.54, 1.807) is 14.0 Å². The summed E-state index contributed by atoms with van der Waals surface area (Å²) in [6.07, 6.45) is 0.667. The lowest BCUT2D eigenvalue weighted by Crippen LogP contribution is -2.12. The van der Waals surface area contributed by atoms with Crippen molar-refractivity contribution in [3.8, 4) is 0 Å². The van der Waals surface area contributed by atoms with E-state index in [1.165, 1.54) is 16.2 Å². The fourth-order valence-corrected chi connectivity index (χ4v) is 2.29. The van der Waals surface area contributed by atoms with Crippen LogP contribution in [0.25, 0.3) is 0 Å². The highest BCUT2D eigenvalue weighted by Crippen LogP contribution is 2.25. The first kappa shape index (κ1) is 11.3. The van der Waals surface area contributed by atoms with Crippen molar-refractivity contribution in [3.63, 3.8) is 0 Å². The summed E-state index contributed by atoms with van der Waals surface area (Å²) in [5.74, 6) is -0.00875. The lowest BCUT2D eigenvalue weighted by atomic mass is 10.3. The summed E-state index contributed by atoms with van der Waals surface area (Å²) in [7, 11) is 1.60. The van der Waals surface area contributed by atoms with Gasteiger partial charge in [0.15, 0.2) is 10.9 Å². The van der Waals surface area contributed by atoms with E-state index in [4.69, 9.17) is 0 Å². The van der Waals surface area contributed by atoms with E-state index in [2.05, 4.69) is 20.9 Å². The van der Waals surface area contributed by atoms with Gasteiger partial charge in [-0.2, -0.15) is 0 Å². The fourth-order valence-electron chi connectivity index (χ4n) is 0.898. The predicted molar refractivity (Wildman–Crippen MR) is 59.4 cm³/mol. The van der Waals surface area contributed by atoms with Crippen molar-refractivity contribution in [1.82, 2.24) is 4.98 Å². The molecule has 0 saturated heterocycles. The van der Waals surface area contributed by atoms with Gasteiger partial charge in [0.2, 0.25) is 6.41 Å². The van der Waals surface area contributed by atoms with Crippen LogP contribution in [0.1, 0.15) is 15.4 Å². The van der Waals surface area contributed by atoms with Crippen molar-refractivity contribution in [1.29, 1.82) is 0 Å². The van der Waals surface area contributed by atoms with Crippen LogP contribution < -0.4 is 4.90 Å². The van der Waals surface area contributed by atoms with Crippen molar-refractivity contribution in [2.75, 3.05) is 17.3 Å². The summed E-state index contributed by atoms with van der Waals surface area (Å²) in [6, 6.07) is 0. The zero-order valence-corrected chi connectivity index (χ0v) is 10.2. The minimum absolute atomic E-state index is 0.00875. The van der Waals surface area contributed by atoms with E-state index >= 15 is 0 Å². The van der Waals surface area contributed by atoms with Crippen LogP contribution in [0.2, 0.25) is 0 Å². The van der Waals surface area contributed by atoms with Crippen LogP contribution in [0.5, 0.6) is 0 Å². The summed E-state index contributed by atoms with van der Waals surface area (Å²) in [4.78, 5) is 27.9. The number of halogens is 1. The summed E-state index contributed by atoms with van der Waals surface area (Å²) < 4.78 is 0. The second-order valence-electron chi connectivity index (χ2n) is 2.68.